The molecule has 18 heavy (non-hydrogen) atoms. The van der Waals surface area contributed by atoms with E-state index < -0.39 is 0 Å². The second-order valence-corrected chi connectivity index (χ2v) is 4.65. The maximum absolute atomic E-state index is 11.9. The van der Waals surface area contributed by atoms with Crippen molar-refractivity contribution in [2.75, 3.05) is 32.8 Å². The zero-order chi connectivity index (χ0) is 13.6. The number of nitrogens with one attached hydrogen (secondary N) is 1. The van der Waals surface area contributed by atoms with E-state index in [0.29, 0.717) is 19.5 Å². The summed E-state index contributed by atoms with van der Waals surface area (Å²) in [5, 5.41) is 11.9. The molecule has 1 amide bonds. The molecular weight excluding hydrogens is 228 g/mol. The van der Waals surface area contributed by atoms with E-state index in [9.17, 15) is 4.79 Å². The zero-order valence-corrected chi connectivity index (χ0v) is 12.1. The van der Waals surface area contributed by atoms with Crippen LogP contribution in [0.5, 0.6) is 0 Å². The molecular formula is C14H30N2O2. The second-order valence-electron chi connectivity index (χ2n) is 4.65. The van der Waals surface area contributed by atoms with Gasteiger partial charge in [-0.15, -0.1) is 0 Å². The summed E-state index contributed by atoms with van der Waals surface area (Å²) in [6.07, 6.45) is 6.72. The number of aliphatic hydroxyl groups is 1. The van der Waals surface area contributed by atoms with Crippen LogP contribution >= 0.6 is 0 Å². The quantitative estimate of drug-likeness (QED) is 0.525. The SMILES string of the molecule is CCCCCCCN(CCCO)C(=O)CNCC. The van der Waals surface area contributed by atoms with Crippen LogP contribution in [-0.2, 0) is 4.79 Å². The third-order valence-corrected chi connectivity index (χ3v) is 3.00. The van der Waals surface area contributed by atoms with Crippen molar-refractivity contribution < 1.29 is 9.90 Å². The number of nitrogens with zero attached hydrogens (tertiary/aromatic N) is 1. The molecule has 0 aromatic heterocycles. The fourth-order valence-corrected chi connectivity index (χ4v) is 1.87. The number of hydrogen-bond donors (Lipinski definition) is 2. The van der Waals surface area contributed by atoms with Crippen molar-refractivity contribution in [3.05, 3.63) is 0 Å². The lowest BCUT2D eigenvalue weighted by molar-refractivity contribution is -0.130. The number of aliphatic hydroxyl groups excluding tert-OH is 1. The van der Waals surface area contributed by atoms with E-state index in [1.165, 1.54) is 25.7 Å². The topological polar surface area (TPSA) is 52.6 Å². The Bertz CT molecular complexity index is 198. The Kier molecular flexibility index (Phi) is 12.4. The molecule has 0 aliphatic rings. The summed E-state index contributed by atoms with van der Waals surface area (Å²) in [5.74, 6) is 0.154. The zero-order valence-electron chi connectivity index (χ0n) is 12.1. The molecule has 0 fully saturated rings. The summed E-state index contributed by atoms with van der Waals surface area (Å²) in [5.41, 5.74) is 0. The van der Waals surface area contributed by atoms with Crippen molar-refractivity contribution in [3.8, 4) is 0 Å². The lowest BCUT2D eigenvalue weighted by Gasteiger charge is -2.22. The molecule has 0 spiro atoms. The molecule has 0 aromatic rings. The van der Waals surface area contributed by atoms with Crippen LogP contribution in [0.2, 0.25) is 0 Å². The number of hydrogen-bond acceptors (Lipinski definition) is 3. The standard InChI is InChI=1S/C14H30N2O2/c1-3-5-6-7-8-10-16(11-9-12-17)14(18)13-15-4-2/h15,17H,3-13H2,1-2H3. The van der Waals surface area contributed by atoms with E-state index in [2.05, 4.69) is 12.2 Å². The first-order valence-electron chi connectivity index (χ1n) is 7.35. The van der Waals surface area contributed by atoms with Crippen LogP contribution in [0, 0.1) is 0 Å². The highest BCUT2D eigenvalue weighted by atomic mass is 16.3. The number of carbonyl (C=O) groups is 1. The molecule has 0 saturated carbocycles. The van der Waals surface area contributed by atoms with Gasteiger partial charge in [-0.3, -0.25) is 4.79 Å². The Balaban J connectivity index is 3.86. The first-order chi connectivity index (χ1) is 8.76. The highest BCUT2D eigenvalue weighted by Gasteiger charge is 2.11. The highest BCUT2D eigenvalue weighted by Crippen LogP contribution is 2.04. The maximum atomic E-state index is 11.9. The number of unbranched alkanes of at least 4 members (excludes halogenated alkanes) is 4. The third kappa shape index (κ3) is 9.42. The molecule has 0 rings (SSSR count). The van der Waals surface area contributed by atoms with Gasteiger partial charge in [0.25, 0.3) is 0 Å². The normalized spacial score (nSPS) is 10.6. The Morgan fingerprint density at radius 1 is 1.06 bits per heavy atom. The lowest BCUT2D eigenvalue weighted by atomic mass is 10.1. The second kappa shape index (κ2) is 12.8. The van der Waals surface area contributed by atoms with Crippen LogP contribution in [-0.4, -0.2) is 48.7 Å². The lowest BCUT2D eigenvalue weighted by Crippen LogP contribution is -2.39. The molecule has 2 N–H and O–H groups in total. The summed E-state index contributed by atoms with van der Waals surface area (Å²) in [6, 6.07) is 0. The minimum absolute atomic E-state index is 0.154. The Labute approximate surface area is 112 Å². The van der Waals surface area contributed by atoms with Gasteiger partial charge in [0, 0.05) is 19.7 Å². The van der Waals surface area contributed by atoms with Gasteiger partial charge in [-0.25, -0.2) is 0 Å². The van der Waals surface area contributed by atoms with Gasteiger partial charge in [-0.1, -0.05) is 39.5 Å². The molecule has 0 aromatic carbocycles. The summed E-state index contributed by atoms with van der Waals surface area (Å²) in [4.78, 5) is 13.8. The van der Waals surface area contributed by atoms with Gasteiger partial charge in [-0.2, -0.15) is 0 Å². The van der Waals surface area contributed by atoms with Gasteiger partial charge >= 0.3 is 0 Å². The molecule has 0 radical (unpaired) electrons. The van der Waals surface area contributed by atoms with Crippen molar-refractivity contribution in [2.24, 2.45) is 0 Å². The average molecular weight is 258 g/mol. The predicted molar refractivity (Wildman–Crippen MR) is 75.6 cm³/mol. The average Bonchev–Trinajstić information content (AvgIpc) is 2.39. The Morgan fingerprint density at radius 3 is 2.33 bits per heavy atom. The van der Waals surface area contributed by atoms with Crippen LogP contribution in [0.15, 0.2) is 0 Å². The van der Waals surface area contributed by atoms with Crippen LogP contribution in [0.25, 0.3) is 0 Å². The minimum atomic E-state index is 0.154. The van der Waals surface area contributed by atoms with Gasteiger partial charge in [0.05, 0.1) is 6.54 Å². The van der Waals surface area contributed by atoms with Crippen LogP contribution in [0.3, 0.4) is 0 Å². The molecule has 0 aliphatic carbocycles. The van der Waals surface area contributed by atoms with E-state index in [0.717, 1.165) is 19.5 Å². The minimum Gasteiger partial charge on any atom is -0.396 e. The fraction of sp³-hybridized carbons (Fsp3) is 0.929. The smallest absolute Gasteiger partial charge is 0.236 e. The van der Waals surface area contributed by atoms with Crippen LogP contribution < -0.4 is 5.32 Å². The van der Waals surface area contributed by atoms with Crippen molar-refractivity contribution in [3.63, 3.8) is 0 Å². The van der Waals surface area contributed by atoms with Crippen molar-refractivity contribution >= 4 is 5.91 Å². The van der Waals surface area contributed by atoms with E-state index in [1.54, 1.807) is 0 Å². The van der Waals surface area contributed by atoms with Crippen LogP contribution in [0.4, 0.5) is 0 Å². The third-order valence-electron chi connectivity index (χ3n) is 3.00. The summed E-state index contributed by atoms with van der Waals surface area (Å²) in [7, 11) is 0. The molecule has 0 bridgehead atoms. The first-order valence-corrected chi connectivity index (χ1v) is 7.35. The number of carbonyl (C=O) groups excluding carboxylic acids is 1. The van der Waals surface area contributed by atoms with E-state index in [-0.39, 0.29) is 12.5 Å². The van der Waals surface area contributed by atoms with Gasteiger partial charge in [0.15, 0.2) is 0 Å². The van der Waals surface area contributed by atoms with E-state index in [1.807, 2.05) is 11.8 Å². The highest BCUT2D eigenvalue weighted by molar-refractivity contribution is 5.78. The number of rotatable bonds is 12. The molecule has 0 saturated heterocycles. The summed E-state index contributed by atoms with van der Waals surface area (Å²) in [6.45, 7) is 7.08. The van der Waals surface area contributed by atoms with Crippen molar-refractivity contribution in [1.82, 2.24) is 10.2 Å². The van der Waals surface area contributed by atoms with Gasteiger partial charge in [0.2, 0.25) is 5.91 Å². The van der Waals surface area contributed by atoms with E-state index in [4.69, 9.17) is 5.11 Å². The molecule has 4 nitrogen and oxygen atoms in total. The molecule has 0 atom stereocenters. The Hall–Kier alpha value is -0.610. The molecule has 0 heterocycles. The van der Waals surface area contributed by atoms with Crippen LogP contribution in [0.1, 0.15) is 52.4 Å². The van der Waals surface area contributed by atoms with E-state index >= 15 is 0 Å². The summed E-state index contributed by atoms with van der Waals surface area (Å²) < 4.78 is 0. The fourth-order valence-electron chi connectivity index (χ4n) is 1.87. The molecule has 0 aliphatic heterocycles. The van der Waals surface area contributed by atoms with Crippen molar-refractivity contribution in [1.29, 1.82) is 0 Å². The predicted octanol–water partition coefficient (Wildman–Crippen LogP) is 1.78. The molecule has 0 unspecified atom stereocenters. The number of amides is 1. The van der Waals surface area contributed by atoms with Gasteiger partial charge in [-0.05, 0) is 19.4 Å². The van der Waals surface area contributed by atoms with Gasteiger partial charge < -0.3 is 15.3 Å². The first kappa shape index (κ1) is 17.4. The van der Waals surface area contributed by atoms with Crippen molar-refractivity contribution in [2.45, 2.75) is 52.4 Å². The molecule has 4 heteroatoms. The Morgan fingerprint density at radius 2 is 1.72 bits per heavy atom. The summed E-state index contributed by atoms with van der Waals surface area (Å²) >= 11 is 0. The maximum Gasteiger partial charge on any atom is 0.236 e. The van der Waals surface area contributed by atoms with Gasteiger partial charge in [0.1, 0.15) is 0 Å². The molecule has 108 valence electrons. The monoisotopic (exact) mass is 258 g/mol. The largest absolute Gasteiger partial charge is 0.396 e. The number of likely N-dealkylation sites (N-methyl/N-ethyl adjacent to an activating group) is 1.